The molecule has 0 aromatic carbocycles. The lowest BCUT2D eigenvalue weighted by molar-refractivity contribution is -0.140. The second-order valence-corrected chi connectivity index (χ2v) is 7.03. The third-order valence-electron chi connectivity index (χ3n) is 4.14. The number of carbonyl (C=O) groups is 2. The largest absolute Gasteiger partial charge is 0.472 e. The van der Waals surface area contributed by atoms with Gasteiger partial charge in [-0.25, -0.2) is 0 Å². The van der Waals surface area contributed by atoms with E-state index in [0.717, 1.165) is 24.8 Å². The standard InChI is InChI=1S/C16H22N2O4S/c1-21-7-2-6-17-14(19)13-10-23-16(12-5-8-22-9-12)18(13)15(20)11-3-4-11/h5,8-9,11,13,16H,2-4,6-7,10H2,1H3,(H,17,19). The number of nitrogens with one attached hydrogen (secondary N) is 1. The van der Waals surface area contributed by atoms with Crippen molar-refractivity contribution in [3.05, 3.63) is 24.2 Å². The summed E-state index contributed by atoms with van der Waals surface area (Å²) in [5.41, 5.74) is 0.943. The number of hydrogen-bond acceptors (Lipinski definition) is 5. The summed E-state index contributed by atoms with van der Waals surface area (Å²) in [6, 6.07) is 1.46. The second kappa shape index (κ2) is 7.40. The molecule has 1 N–H and O–H groups in total. The van der Waals surface area contributed by atoms with Gasteiger partial charge in [0, 0.05) is 37.5 Å². The number of carbonyl (C=O) groups excluding carboxylic acids is 2. The smallest absolute Gasteiger partial charge is 0.243 e. The lowest BCUT2D eigenvalue weighted by Gasteiger charge is -2.28. The van der Waals surface area contributed by atoms with Crippen molar-refractivity contribution in [1.82, 2.24) is 10.2 Å². The lowest BCUT2D eigenvalue weighted by Crippen LogP contribution is -2.48. The molecule has 1 aliphatic carbocycles. The van der Waals surface area contributed by atoms with Crippen molar-refractivity contribution in [2.45, 2.75) is 30.7 Å². The number of furan rings is 1. The van der Waals surface area contributed by atoms with E-state index in [0.29, 0.717) is 18.9 Å². The number of nitrogens with zero attached hydrogens (tertiary/aromatic N) is 1. The normalized spacial score (nSPS) is 24.0. The molecule has 1 aliphatic heterocycles. The van der Waals surface area contributed by atoms with Crippen LogP contribution < -0.4 is 5.32 Å². The van der Waals surface area contributed by atoms with Crippen LogP contribution in [0.1, 0.15) is 30.2 Å². The van der Waals surface area contributed by atoms with Crippen LogP contribution in [-0.2, 0) is 14.3 Å². The summed E-state index contributed by atoms with van der Waals surface area (Å²) in [5, 5.41) is 2.79. The molecule has 1 aromatic rings. The second-order valence-electron chi connectivity index (χ2n) is 5.92. The highest BCUT2D eigenvalue weighted by molar-refractivity contribution is 7.99. The molecule has 2 atom stereocenters. The van der Waals surface area contributed by atoms with Crippen molar-refractivity contribution < 1.29 is 18.7 Å². The Morgan fingerprint density at radius 3 is 2.96 bits per heavy atom. The Labute approximate surface area is 139 Å². The minimum atomic E-state index is -0.407. The maximum atomic E-state index is 12.7. The first-order chi connectivity index (χ1) is 11.2. The van der Waals surface area contributed by atoms with E-state index in [1.807, 2.05) is 6.07 Å². The molecular weight excluding hydrogens is 316 g/mol. The zero-order valence-corrected chi connectivity index (χ0v) is 14.0. The molecule has 1 aromatic heterocycles. The molecule has 1 saturated heterocycles. The Hall–Kier alpha value is -1.47. The number of thioether (sulfide) groups is 1. The van der Waals surface area contributed by atoms with Crippen molar-refractivity contribution in [2.24, 2.45) is 5.92 Å². The van der Waals surface area contributed by atoms with Crippen molar-refractivity contribution in [1.29, 1.82) is 0 Å². The van der Waals surface area contributed by atoms with Gasteiger partial charge in [-0.2, -0.15) is 0 Å². The van der Waals surface area contributed by atoms with Crippen LogP contribution in [0.5, 0.6) is 0 Å². The highest BCUT2D eigenvalue weighted by Crippen LogP contribution is 2.45. The van der Waals surface area contributed by atoms with Gasteiger partial charge in [-0.15, -0.1) is 11.8 Å². The molecule has 2 unspecified atom stereocenters. The van der Waals surface area contributed by atoms with Gasteiger partial charge in [0.05, 0.1) is 12.5 Å². The minimum Gasteiger partial charge on any atom is -0.472 e. The van der Waals surface area contributed by atoms with Crippen LogP contribution in [0.4, 0.5) is 0 Å². The molecule has 0 radical (unpaired) electrons. The Bertz CT molecular complexity index is 544. The Kier molecular flexibility index (Phi) is 5.27. The fraction of sp³-hybridized carbons (Fsp3) is 0.625. The van der Waals surface area contributed by atoms with Crippen LogP contribution in [0.15, 0.2) is 23.0 Å². The van der Waals surface area contributed by atoms with Gasteiger partial charge in [-0.1, -0.05) is 0 Å². The third kappa shape index (κ3) is 3.72. The van der Waals surface area contributed by atoms with E-state index in [2.05, 4.69) is 5.32 Å². The van der Waals surface area contributed by atoms with E-state index in [1.165, 1.54) is 0 Å². The molecule has 126 valence electrons. The van der Waals surface area contributed by atoms with Gasteiger partial charge < -0.3 is 19.4 Å². The molecule has 0 bridgehead atoms. The van der Waals surface area contributed by atoms with Gasteiger partial charge in [-0.3, -0.25) is 9.59 Å². The summed E-state index contributed by atoms with van der Waals surface area (Å²) in [6.07, 6.45) is 5.89. The van der Waals surface area contributed by atoms with Gasteiger partial charge in [0.2, 0.25) is 11.8 Å². The minimum absolute atomic E-state index is 0.0754. The average molecular weight is 338 g/mol. The van der Waals surface area contributed by atoms with E-state index in [9.17, 15) is 9.59 Å². The summed E-state index contributed by atoms with van der Waals surface area (Å²) in [4.78, 5) is 26.9. The van der Waals surface area contributed by atoms with Gasteiger partial charge >= 0.3 is 0 Å². The summed E-state index contributed by atoms with van der Waals surface area (Å²) < 4.78 is 10.1. The maximum absolute atomic E-state index is 12.7. The molecule has 7 heteroatoms. The monoisotopic (exact) mass is 338 g/mol. The van der Waals surface area contributed by atoms with E-state index >= 15 is 0 Å². The number of methoxy groups -OCH3 is 1. The number of ether oxygens (including phenoxy) is 1. The van der Waals surface area contributed by atoms with Crippen molar-refractivity contribution in [3.8, 4) is 0 Å². The third-order valence-corrected chi connectivity index (χ3v) is 5.46. The van der Waals surface area contributed by atoms with Crippen LogP contribution in [0.3, 0.4) is 0 Å². The zero-order valence-electron chi connectivity index (χ0n) is 13.2. The molecule has 2 amide bonds. The van der Waals surface area contributed by atoms with E-state index in [-0.39, 0.29) is 23.1 Å². The highest BCUT2D eigenvalue weighted by atomic mass is 32.2. The number of hydrogen-bond donors (Lipinski definition) is 1. The molecule has 2 aliphatic rings. The Morgan fingerprint density at radius 2 is 2.30 bits per heavy atom. The molecule has 2 heterocycles. The lowest BCUT2D eigenvalue weighted by atomic mass is 10.2. The first-order valence-corrected chi connectivity index (χ1v) is 8.99. The molecular formula is C16H22N2O4S. The fourth-order valence-electron chi connectivity index (χ4n) is 2.74. The van der Waals surface area contributed by atoms with Gasteiger partial charge in [0.15, 0.2) is 0 Å². The zero-order chi connectivity index (χ0) is 16.2. The SMILES string of the molecule is COCCCNC(=O)C1CSC(c2ccoc2)N1C(=O)C1CC1. The molecule has 2 fully saturated rings. The average Bonchev–Trinajstić information content (AvgIpc) is 3.09. The van der Waals surface area contributed by atoms with Gasteiger partial charge in [0.1, 0.15) is 11.4 Å². The Morgan fingerprint density at radius 1 is 1.48 bits per heavy atom. The van der Waals surface area contributed by atoms with E-state index in [1.54, 1.807) is 36.3 Å². The summed E-state index contributed by atoms with van der Waals surface area (Å²) in [6.45, 7) is 1.18. The van der Waals surface area contributed by atoms with Crippen molar-refractivity contribution in [3.63, 3.8) is 0 Å². The number of amides is 2. The summed E-state index contributed by atoms with van der Waals surface area (Å²) in [5.74, 6) is 0.725. The van der Waals surface area contributed by atoms with Crippen LogP contribution in [0, 0.1) is 5.92 Å². The van der Waals surface area contributed by atoms with Crippen LogP contribution >= 0.6 is 11.8 Å². The molecule has 1 saturated carbocycles. The molecule has 3 rings (SSSR count). The molecule has 23 heavy (non-hydrogen) atoms. The predicted molar refractivity (Wildman–Crippen MR) is 86.8 cm³/mol. The van der Waals surface area contributed by atoms with Gasteiger partial charge in [0.25, 0.3) is 0 Å². The van der Waals surface area contributed by atoms with Crippen LogP contribution in [-0.4, -0.2) is 48.8 Å². The summed E-state index contributed by atoms with van der Waals surface area (Å²) in [7, 11) is 1.64. The highest BCUT2D eigenvalue weighted by Gasteiger charge is 2.46. The predicted octanol–water partition coefficient (Wildman–Crippen LogP) is 1.78. The van der Waals surface area contributed by atoms with Crippen molar-refractivity contribution >= 4 is 23.6 Å². The van der Waals surface area contributed by atoms with Gasteiger partial charge in [-0.05, 0) is 25.3 Å². The fourth-order valence-corrected chi connectivity index (χ4v) is 4.15. The van der Waals surface area contributed by atoms with Crippen molar-refractivity contribution in [2.75, 3.05) is 26.0 Å². The Balaban J connectivity index is 1.68. The van der Waals surface area contributed by atoms with E-state index in [4.69, 9.17) is 9.15 Å². The topological polar surface area (TPSA) is 71.8 Å². The maximum Gasteiger partial charge on any atom is 0.243 e. The first kappa shape index (κ1) is 16.4. The molecule has 0 spiro atoms. The summed E-state index contributed by atoms with van der Waals surface area (Å²) >= 11 is 1.62. The van der Waals surface area contributed by atoms with E-state index < -0.39 is 6.04 Å². The quantitative estimate of drug-likeness (QED) is 0.768. The van der Waals surface area contributed by atoms with Crippen LogP contribution in [0.2, 0.25) is 0 Å². The number of rotatable bonds is 7. The first-order valence-electron chi connectivity index (χ1n) is 7.95. The molecule has 6 nitrogen and oxygen atoms in total. The van der Waals surface area contributed by atoms with Crippen LogP contribution in [0.25, 0.3) is 0 Å².